The average Bonchev–Trinajstić information content (AvgIpc) is 2.01. The number of hydrogen-bond donors (Lipinski definition) is 1. The van der Waals surface area contributed by atoms with E-state index in [1.807, 2.05) is 20.8 Å². The molecule has 14 heavy (non-hydrogen) atoms. The molecule has 1 aromatic heterocycles. The van der Waals surface area contributed by atoms with E-state index < -0.39 is 5.97 Å². The molecule has 76 valence electrons. The van der Waals surface area contributed by atoms with Gasteiger partial charge in [-0.05, 0) is 18.6 Å². The van der Waals surface area contributed by atoms with E-state index >= 15 is 0 Å². The Morgan fingerprint density at radius 3 is 2.29 bits per heavy atom. The molecule has 0 fully saturated rings. The van der Waals surface area contributed by atoms with Crippen LogP contribution in [-0.4, -0.2) is 21.3 Å². The second-order valence-corrected chi connectivity index (χ2v) is 4.32. The molecule has 0 aliphatic rings. The Morgan fingerprint density at radius 1 is 1.36 bits per heavy atom. The average molecular weight is 194 g/mol. The Balaban J connectivity index is 3.20. The Bertz CT molecular complexity index is 367. The van der Waals surface area contributed by atoms with Crippen molar-refractivity contribution in [2.24, 2.45) is 0 Å². The molecule has 0 bridgehead atoms. The summed E-state index contributed by atoms with van der Waals surface area (Å²) in [4.78, 5) is 10.7. The molecule has 1 heterocycles. The van der Waals surface area contributed by atoms with Crippen LogP contribution in [0, 0.1) is 6.92 Å². The van der Waals surface area contributed by atoms with Gasteiger partial charge in [0.25, 0.3) is 0 Å². The van der Waals surface area contributed by atoms with E-state index in [1.165, 1.54) is 0 Å². The standard InChI is InChI=1S/C10H14N2O2/c1-6-5-7(10(2,3)4)11-12-8(6)9(13)14/h5H,1-4H3,(H,13,14). The van der Waals surface area contributed by atoms with Crippen molar-refractivity contribution in [2.45, 2.75) is 33.1 Å². The Labute approximate surface area is 83.0 Å². The molecule has 0 atom stereocenters. The predicted molar refractivity (Wildman–Crippen MR) is 52.4 cm³/mol. The number of hydrogen-bond acceptors (Lipinski definition) is 3. The van der Waals surface area contributed by atoms with E-state index in [4.69, 9.17) is 5.11 Å². The minimum absolute atomic E-state index is 0.0259. The highest BCUT2D eigenvalue weighted by molar-refractivity contribution is 5.86. The van der Waals surface area contributed by atoms with E-state index in [-0.39, 0.29) is 11.1 Å². The summed E-state index contributed by atoms with van der Waals surface area (Å²) in [5, 5.41) is 16.4. The van der Waals surface area contributed by atoms with E-state index in [2.05, 4.69) is 10.2 Å². The molecule has 4 nitrogen and oxygen atoms in total. The quantitative estimate of drug-likeness (QED) is 0.740. The van der Waals surface area contributed by atoms with Gasteiger partial charge >= 0.3 is 5.97 Å². The summed E-state index contributed by atoms with van der Waals surface area (Å²) in [5.41, 5.74) is 1.38. The van der Waals surface area contributed by atoms with Crippen LogP contribution in [0.15, 0.2) is 6.07 Å². The number of aromatic nitrogens is 2. The van der Waals surface area contributed by atoms with Crippen LogP contribution in [0.2, 0.25) is 0 Å². The third kappa shape index (κ3) is 2.07. The minimum Gasteiger partial charge on any atom is -0.476 e. The Morgan fingerprint density at radius 2 is 1.93 bits per heavy atom. The number of carboxylic acids is 1. The molecule has 0 aliphatic carbocycles. The zero-order valence-corrected chi connectivity index (χ0v) is 8.83. The third-order valence-electron chi connectivity index (χ3n) is 1.96. The topological polar surface area (TPSA) is 63.1 Å². The van der Waals surface area contributed by atoms with Gasteiger partial charge in [0.2, 0.25) is 0 Å². The van der Waals surface area contributed by atoms with E-state index in [0.717, 1.165) is 5.69 Å². The third-order valence-corrected chi connectivity index (χ3v) is 1.96. The molecule has 0 spiro atoms. The number of aromatic carboxylic acids is 1. The summed E-state index contributed by atoms with van der Waals surface area (Å²) in [5.74, 6) is -1.03. The molecule has 0 aromatic carbocycles. The first kappa shape index (κ1) is 10.6. The van der Waals surface area contributed by atoms with Crippen molar-refractivity contribution in [2.75, 3.05) is 0 Å². The lowest BCUT2D eigenvalue weighted by Gasteiger charge is -2.17. The number of carbonyl (C=O) groups is 1. The van der Waals surface area contributed by atoms with Gasteiger partial charge in [0.1, 0.15) is 0 Å². The van der Waals surface area contributed by atoms with Crippen molar-refractivity contribution in [1.29, 1.82) is 0 Å². The van der Waals surface area contributed by atoms with Crippen molar-refractivity contribution in [1.82, 2.24) is 10.2 Å². The second kappa shape index (κ2) is 3.36. The normalized spacial score (nSPS) is 11.4. The van der Waals surface area contributed by atoms with Gasteiger partial charge in [0.05, 0.1) is 5.69 Å². The molecular formula is C10H14N2O2. The molecule has 0 radical (unpaired) electrons. The van der Waals surface area contributed by atoms with Crippen LogP contribution in [0.3, 0.4) is 0 Å². The summed E-state index contributed by atoms with van der Waals surface area (Å²) >= 11 is 0. The zero-order chi connectivity index (χ0) is 10.9. The molecule has 0 amide bonds. The molecule has 1 rings (SSSR count). The largest absolute Gasteiger partial charge is 0.476 e. The van der Waals surface area contributed by atoms with Crippen LogP contribution < -0.4 is 0 Å². The van der Waals surface area contributed by atoms with Gasteiger partial charge < -0.3 is 5.11 Å². The lowest BCUT2D eigenvalue weighted by atomic mass is 9.91. The summed E-state index contributed by atoms with van der Waals surface area (Å²) in [6.07, 6.45) is 0. The van der Waals surface area contributed by atoms with Gasteiger partial charge in [-0.2, -0.15) is 5.10 Å². The van der Waals surface area contributed by atoms with Crippen LogP contribution in [-0.2, 0) is 5.41 Å². The van der Waals surface area contributed by atoms with Gasteiger partial charge in [-0.1, -0.05) is 20.8 Å². The molecule has 1 aromatic rings. The first-order chi connectivity index (χ1) is 6.32. The number of aryl methyl sites for hydroxylation is 1. The lowest BCUT2D eigenvalue weighted by molar-refractivity contribution is 0.0688. The highest BCUT2D eigenvalue weighted by atomic mass is 16.4. The minimum atomic E-state index is -1.03. The van der Waals surface area contributed by atoms with Gasteiger partial charge in [-0.15, -0.1) is 5.10 Å². The summed E-state index contributed by atoms with van der Waals surface area (Å²) in [6.45, 7) is 7.76. The second-order valence-electron chi connectivity index (χ2n) is 4.32. The van der Waals surface area contributed by atoms with Crippen molar-refractivity contribution in [3.05, 3.63) is 23.0 Å². The molecule has 1 N–H and O–H groups in total. The molecule has 4 heteroatoms. The number of nitrogens with zero attached hydrogens (tertiary/aromatic N) is 2. The highest BCUT2D eigenvalue weighted by Gasteiger charge is 2.18. The van der Waals surface area contributed by atoms with Crippen LogP contribution in [0.1, 0.15) is 42.5 Å². The molecule has 0 saturated carbocycles. The van der Waals surface area contributed by atoms with E-state index in [9.17, 15) is 4.79 Å². The van der Waals surface area contributed by atoms with Crippen molar-refractivity contribution >= 4 is 5.97 Å². The summed E-state index contributed by atoms with van der Waals surface area (Å²) in [6, 6.07) is 1.77. The SMILES string of the molecule is Cc1cc(C(C)(C)C)nnc1C(=O)O. The number of carboxylic acid groups (broad SMARTS) is 1. The highest BCUT2D eigenvalue weighted by Crippen LogP contribution is 2.20. The molecule has 0 aliphatic heterocycles. The Hall–Kier alpha value is -1.45. The van der Waals surface area contributed by atoms with Crippen molar-refractivity contribution < 1.29 is 9.90 Å². The fourth-order valence-corrected chi connectivity index (χ4v) is 1.06. The van der Waals surface area contributed by atoms with Gasteiger partial charge in [-0.3, -0.25) is 0 Å². The van der Waals surface area contributed by atoms with Gasteiger partial charge in [0, 0.05) is 5.41 Å². The fourth-order valence-electron chi connectivity index (χ4n) is 1.06. The van der Waals surface area contributed by atoms with Gasteiger partial charge in [-0.25, -0.2) is 4.79 Å². The van der Waals surface area contributed by atoms with Crippen LogP contribution >= 0.6 is 0 Å². The van der Waals surface area contributed by atoms with Crippen LogP contribution in [0.4, 0.5) is 0 Å². The maximum absolute atomic E-state index is 10.7. The van der Waals surface area contributed by atoms with Crippen molar-refractivity contribution in [3.63, 3.8) is 0 Å². The number of rotatable bonds is 1. The van der Waals surface area contributed by atoms with Gasteiger partial charge in [0.15, 0.2) is 5.69 Å². The first-order valence-electron chi connectivity index (χ1n) is 4.40. The maximum atomic E-state index is 10.7. The molecule has 0 saturated heterocycles. The van der Waals surface area contributed by atoms with Crippen LogP contribution in [0.5, 0.6) is 0 Å². The smallest absolute Gasteiger partial charge is 0.356 e. The fraction of sp³-hybridized carbons (Fsp3) is 0.500. The molecule has 0 unspecified atom stereocenters. The van der Waals surface area contributed by atoms with E-state index in [0.29, 0.717) is 5.56 Å². The lowest BCUT2D eigenvalue weighted by Crippen LogP contribution is -2.17. The zero-order valence-electron chi connectivity index (χ0n) is 8.83. The first-order valence-corrected chi connectivity index (χ1v) is 4.40. The van der Waals surface area contributed by atoms with Crippen molar-refractivity contribution in [3.8, 4) is 0 Å². The summed E-state index contributed by atoms with van der Waals surface area (Å²) < 4.78 is 0. The van der Waals surface area contributed by atoms with Crippen LogP contribution in [0.25, 0.3) is 0 Å². The maximum Gasteiger partial charge on any atom is 0.356 e. The monoisotopic (exact) mass is 194 g/mol. The predicted octanol–water partition coefficient (Wildman–Crippen LogP) is 1.78. The van der Waals surface area contributed by atoms with E-state index in [1.54, 1.807) is 13.0 Å². The Kier molecular flexibility index (Phi) is 2.55. The molecular weight excluding hydrogens is 180 g/mol. The summed E-state index contributed by atoms with van der Waals surface area (Å²) in [7, 11) is 0.